The fourth-order valence-corrected chi connectivity index (χ4v) is 5.10. The molecular formula is C23H27Cl2FN2O2S. The number of rotatable bonds is 8. The molecule has 1 aliphatic rings. The van der Waals surface area contributed by atoms with E-state index in [0.29, 0.717) is 13.1 Å². The molecule has 0 N–H and O–H groups in total. The summed E-state index contributed by atoms with van der Waals surface area (Å²) >= 11 is 13.4. The summed E-state index contributed by atoms with van der Waals surface area (Å²) in [6.07, 6.45) is 4.87. The number of hydrogen-bond donors (Lipinski definition) is 0. The van der Waals surface area contributed by atoms with Crippen molar-refractivity contribution in [3.63, 3.8) is 0 Å². The van der Waals surface area contributed by atoms with Crippen molar-refractivity contribution in [1.82, 2.24) is 9.80 Å². The van der Waals surface area contributed by atoms with Crippen LogP contribution in [0.1, 0.15) is 48.1 Å². The first-order valence-electron chi connectivity index (χ1n) is 10.5. The number of hydrogen-bond acceptors (Lipinski definition) is 3. The number of thiophene rings is 1. The van der Waals surface area contributed by atoms with E-state index in [1.807, 2.05) is 18.4 Å². The van der Waals surface area contributed by atoms with Gasteiger partial charge in [-0.3, -0.25) is 9.59 Å². The average molecular weight is 485 g/mol. The van der Waals surface area contributed by atoms with Crippen LogP contribution in [0.15, 0.2) is 35.7 Å². The third-order valence-corrected chi connectivity index (χ3v) is 7.11. The molecule has 0 saturated heterocycles. The average Bonchev–Trinajstić information content (AvgIpc) is 3.17. The molecule has 0 unspecified atom stereocenters. The molecule has 2 amide bonds. The van der Waals surface area contributed by atoms with Crippen molar-refractivity contribution in [2.75, 3.05) is 6.54 Å². The number of carbonyl (C=O) groups is 2. The lowest BCUT2D eigenvalue weighted by Crippen LogP contribution is -2.49. The Hall–Kier alpha value is -1.63. The maximum absolute atomic E-state index is 13.4. The third-order valence-electron chi connectivity index (χ3n) is 5.73. The monoisotopic (exact) mass is 484 g/mol. The van der Waals surface area contributed by atoms with Crippen molar-refractivity contribution >= 4 is 46.4 Å². The second-order valence-corrected chi connectivity index (χ2v) is 10.1. The van der Waals surface area contributed by atoms with Crippen LogP contribution >= 0.6 is 34.5 Å². The van der Waals surface area contributed by atoms with Gasteiger partial charge in [-0.1, -0.05) is 54.6 Å². The first-order chi connectivity index (χ1) is 14.8. The summed E-state index contributed by atoms with van der Waals surface area (Å²) < 4.78 is 13.3. The molecule has 31 heavy (non-hydrogen) atoms. The summed E-state index contributed by atoms with van der Waals surface area (Å²) in [6.45, 7) is 2.70. The summed E-state index contributed by atoms with van der Waals surface area (Å²) in [7, 11) is 0. The standard InChI is InChI=1S/C23H27Cl2FN2O2S/c1-16-11-12-31-20(16)14-27(13-17-7-9-18(26)10-8-17)21(29)15-28(23(30)22(24)25)19-5-3-2-4-6-19/h7-12,19,22H,2-6,13-15H2,1H3. The number of nitrogens with zero attached hydrogens (tertiary/aromatic N) is 2. The number of halogens is 3. The molecule has 3 rings (SSSR count). The highest BCUT2D eigenvalue weighted by atomic mass is 35.5. The van der Waals surface area contributed by atoms with Crippen LogP contribution < -0.4 is 0 Å². The van der Waals surface area contributed by atoms with E-state index in [2.05, 4.69) is 0 Å². The zero-order valence-electron chi connectivity index (χ0n) is 17.5. The maximum atomic E-state index is 13.4. The second kappa shape index (κ2) is 11.3. The molecule has 168 valence electrons. The molecule has 1 aliphatic carbocycles. The number of aryl methyl sites for hydroxylation is 1. The molecule has 0 aliphatic heterocycles. The highest BCUT2D eigenvalue weighted by molar-refractivity contribution is 7.10. The van der Waals surface area contributed by atoms with E-state index in [1.165, 1.54) is 12.1 Å². The molecule has 1 heterocycles. The molecule has 1 saturated carbocycles. The maximum Gasteiger partial charge on any atom is 0.256 e. The first kappa shape index (κ1) is 24.0. The minimum Gasteiger partial charge on any atom is -0.332 e. The zero-order chi connectivity index (χ0) is 22.4. The third kappa shape index (κ3) is 6.67. The van der Waals surface area contributed by atoms with E-state index in [-0.39, 0.29) is 24.3 Å². The summed E-state index contributed by atoms with van der Waals surface area (Å²) in [5.74, 6) is -0.914. The van der Waals surface area contributed by atoms with Crippen LogP contribution in [0.2, 0.25) is 0 Å². The number of benzene rings is 1. The van der Waals surface area contributed by atoms with E-state index >= 15 is 0 Å². The van der Waals surface area contributed by atoms with Crippen LogP contribution in [-0.4, -0.2) is 39.0 Å². The van der Waals surface area contributed by atoms with Gasteiger partial charge in [0.1, 0.15) is 12.4 Å². The Labute approximate surface area is 196 Å². The topological polar surface area (TPSA) is 40.6 Å². The summed E-state index contributed by atoms with van der Waals surface area (Å²) in [4.78, 5) is 29.3. The summed E-state index contributed by atoms with van der Waals surface area (Å²) in [5.41, 5.74) is 1.94. The van der Waals surface area contributed by atoms with Gasteiger partial charge in [0, 0.05) is 17.5 Å². The van der Waals surface area contributed by atoms with Gasteiger partial charge in [0.25, 0.3) is 5.91 Å². The predicted octanol–water partition coefficient (Wildman–Crippen LogP) is 5.69. The van der Waals surface area contributed by atoms with Crippen LogP contribution in [-0.2, 0) is 22.7 Å². The van der Waals surface area contributed by atoms with Crippen molar-refractivity contribution < 1.29 is 14.0 Å². The van der Waals surface area contributed by atoms with Crippen LogP contribution in [0.3, 0.4) is 0 Å². The van der Waals surface area contributed by atoms with Crippen LogP contribution in [0.25, 0.3) is 0 Å². The van der Waals surface area contributed by atoms with Gasteiger partial charge in [-0.15, -0.1) is 11.3 Å². The predicted molar refractivity (Wildman–Crippen MR) is 124 cm³/mol. The molecule has 4 nitrogen and oxygen atoms in total. The SMILES string of the molecule is Cc1ccsc1CN(Cc1ccc(F)cc1)C(=O)CN(C(=O)C(Cl)Cl)C1CCCCC1. The molecule has 0 radical (unpaired) electrons. The minimum atomic E-state index is -1.19. The van der Waals surface area contributed by atoms with E-state index < -0.39 is 10.7 Å². The van der Waals surface area contributed by atoms with Crippen LogP contribution in [0.4, 0.5) is 4.39 Å². The van der Waals surface area contributed by atoms with E-state index in [1.54, 1.807) is 33.3 Å². The van der Waals surface area contributed by atoms with Crippen molar-refractivity contribution in [2.45, 2.75) is 63.0 Å². The lowest BCUT2D eigenvalue weighted by Gasteiger charge is -2.36. The van der Waals surface area contributed by atoms with Gasteiger partial charge in [-0.2, -0.15) is 0 Å². The van der Waals surface area contributed by atoms with Gasteiger partial charge < -0.3 is 9.80 Å². The Bertz CT molecular complexity index is 882. The molecule has 0 spiro atoms. The van der Waals surface area contributed by atoms with Crippen LogP contribution in [0, 0.1) is 12.7 Å². The summed E-state index contributed by atoms with van der Waals surface area (Å²) in [5, 5.41) is 1.99. The second-order valence-electron chi connectivity index (χ2n) is 7.96. The lowest BCUT2D eigenvalue weighted by molar-refractivity contribution is -0.142. The van der Waals surface area contributed by atoms with Gasteiger partial charge >= 0.3 is 0 Å². The molecule has 0 atom stereocenters. The molecule has 1 fully saturated rings. The molecule has 8 heteroatoms. The molecule has 1 aromatic heterocycles. The molecule has 2 aromatic rings. The Kier molecular flexibility index (Phi) is 8.76. The van der Waals surface area contributed by atoms with E-state index in [9.17, 15) is 14.0 Å². The fourth-order valence-electron chi connectivity index (χ4n) is 3.93. The van der Waals surface area contributed by atoms with Crippen molar-refractivity contribution in [2.24, 2.45) is 0 Å². The van der Waals surface area contributed by atoms with Crippen LogP contribution in [0.5, 0.6) is 0 Å². The van der Waals surface area contributed by atoms with Crippen molar-refractivity contribution in [1.29, 1.82) is 0 Å². The van der Waals surface area contributed by atoms with Gasteiger partial charge in [-0.25, -0.2) is 4.39 Å². The molecular weight excluding hydrogens is 458 g/mol. The Morgan fingerprint density at radius 3 is 2.35 bits per heavy atom. The van der Waals surface area contributed by atoms with Gasteiger partial charge in [-0.05, 0) is 54.5 Å². The Balaban J connectivity index is 1.81. The van der Waals surface area contributed by atoms with Crippen molar-refractivity contribution in [3.8, 4) is 0 Å². The number of carbonyl (C=O) groups excluding carboxylic acids is 2. The molecule has 0 bridgehead atoms. The van der Waals surface area contributed by atoms with Gasteiger partial charge in [0.2, 0.25) is 5.91 Å². The Morgan fingerprint density at radius 2 is 1.77 bits per heavy atom. The summed E-state index contributed by atoms with van der Waals surface area (Å²) in [6, 6.07) is 8.12. The largest absolute Gasteiger partial charge is 0.332 e. The van der Waals surface area contributed by atoms with E-state index in [4.69, 9.17) is 23.2 Å². The van der Waals surface area contributed by atoms with E-state index in [0.717, 1.165) is 48.1 Å². The fraction of sp³-hybridized carbons (Fsp3) is 0.478. The highest BCUT2D eigenvalue weighted by Crippen LogP contribution is 2.25. The lowest BCUT2D eigenvalue weighted by atomic mass is 9.94. The number of amides is 2. The van der Waals surface area contributed by atoms with Gasteiger partial charge in [0.15, 0.2) is 4.84 Å². The quantitative estimate of drug-likeness (QED) is 0.451. The molecule has 1 aromatic carbocycles. The number of alkyl halides is 2. The zero-order valence-corrected chi connectivity index (χ0v) is 19.9. The first-order valence-corrected chi connectivity index (χ1v) is 12.2. The van der Waals surface area contributed by atoms with Gasteiger partial charge in [0.05, 0.1) is 6.54 Å². The smallest absolute Gasteiger partial charge is 0.256 e. The highest BCUT2D eigenvalue weighted by Gasteiger charge is 2.31. The Morgan fingerprint density at radius 1 is 1.10 bits per heavy atom. The minimum absolute atomic E-state index is 0.0265. The normalized spacial score (nSPS) is 14.6. The van der Waals surface area contributed by atoms with Crippen molar-refractivity contribution in [3.05, 3.63) is 57.5 Å².